The number of fused-ring (bicyclic) bond motifs is 1. The molecule has 3 heterocycles. The van der Waals surface area contributed by atoms with E-state index in [9.17, 15) is 5.11 Å². The summed E-state index contributed by atoms with van der Waals surface area (Å²) in [5.74, 6) is 0. The number of thiazole rings is 1. The highest BCUT2D eigenvalue weighted by Crippen LogP contribution is 2.30. The second-order valence-electron chi connectivity index (χ2n) is 5.51. The Bertz CT molecular complexity index is 413. The summed E-state index contributed by atoms with van der Waals surface area (Å²) in [4.78, 5) is 10.9. The Morgan fingerprint density at radius 2 is 2.16 bits per heavy atom. The predicted octanol–water partition coefficient (Wildman–Crippen LogP) is 1.87. The standard InChI is InChI=1S/C14H23N3OS/c1-2-12-13(10-18)19-14(15-12)17-8-4-7-16-6-3-5-11(16)9-17/h11,18H,2-10H2,1H3. The third kappa shape index (κ3) is 2.64. The van der Waals surface area contributed by atoms with Crippen LogP contribution in [0.15, 0.2) is 0 Å². The molecule has 0 amide bonds. The number of hydrogen-bond donors (Lipinski definition) is 1. The molecule has 3 rings (SSSR count). The molecule has 2 aliphatic heterocycles. The third-order valence-corrected chi connectivity index (χ3v) is 5.46. The number of aromatic nitrogens is 1. The molecule has 1 aromatic heterocycles. The van der Waals surface area contributed by atoms with Crippen molar-refractivity contribution < 1.29 is 5.11 Å². The summed E-state index contributed by atoms with van der Waals surface area (Å²) < 4.78 is 0. The van der Waals surface area contributed by atoms with Crippen LogP contribution >= 0.6 is 11.3 Å². The van der Waals surface area contributed by atoms with Crippen molar-refractivity contribution in [1.82, 2.24) is 9.88 Å². The molecule has 0 bridgehead atoms. The van der Waals surface area contributed by atoms with Gasteiger partial charge in [0.05, 0.1) is 17.2 Å². The number of anilines is 1. The molecule has 4 nitrogen and oxygen atoms in total. The summed E-state index contributed by atoms with van der Waals surface area (Å²) in [6, 6.07) is 0.717. The van der Waals surface area contributed by atoms with E-state index in [1.54, 1.807) is 11.3 Å². The Balaban J connectivity index is 1.78. The van der Waals surface area contributed by atoms with Gasteiger partial charge in [-0.2, -0.15) is 0 Å². The van der Waals surface area contributed by atoms with Crippen LogP contribution in [0.25, 0.3) is 0 Å². The van der Waals surface area contributed by atoms with Gasteiger partial charge in [-0.15, -0.1) is 0 Å². The van der Waals surface area contributed by atoms with Crippen molar-refractivity contribution in [3.63, 3.8) is 0 Å². The predicted molar refractivity (Wildman–Crippen MR) is 78.8 cm³/mol. The van der Waals surface area contributed by atoms with E-state index >= 15 is 0 Å². The largest absolute Gasteiger partial charge is 0.391 e. The molecular formula is C14H23N3OS. The van der Waals surface area contributed by atoms with Crippen molar-refractivity contribution in [2.24, 2.45) is 0 Å². The Hall–Kier alpha value is -0.650. The van der Waals surface area contributed by atoms with Gasteiger partial charge in [0.25, 0.3) is 0 Å². The molecule has 0 aliphatic carbocycles. The van der Waals surface area contributed by atoms with Crippen LogP contribution in [0.3, 0.4) is 0 Å². The first-order chi connectivity index (χ1) is 9.31. The van der Waals surface area contributed by atoms with Crippen LogP contribution < -0.4 is 4.90 Å². The number of nitrogens with zero attached hydrogens (tertiary/aromatic N) is 3. The monoisotopic (exact) mass is 281 g/mol. The van der Waals surface area contributed by atoms with E-state index in [4.69, 9.17) is 4.98 Å². The molecule has 2 saturated heterocycles. The first-order valence-corrected chi connectivity index (χ1v) is 8.22. The van der Waals surface area contributed by atoms with Gasteiger partial charge in [-0.05, 0) is 32.2 Å². The van der Waals surface area contributed by atoms with Crippen LogP contribution in [0, 0.1) is 0 Å². The molecule has 1 aromatic rings. The van der Waals surface area contributed by atoms with Crippen molar-refractivity contribution in [3.05, 3.63) is 10.6 Å². The zero-order valence-corrected chi connectivity index (χ0v) is 12.5. The van der Waals surface area contributed by atoms with Crippen molar-refractivity contribution in [2.75, 3.05) is 31.1 Å². The maximum absolute atomic E-state index is 9.41. The third-order valence-electron chi connectivity index (χ3n) is 4.32. The number of aryl methyl sites for hydroxylation is 1. The second kappa shape index (κ2) is 5.77. The molecule has 0 spiro atoms. The van der Waals surface area contributed by atoms with Gasteiger partial charge in [0.15, 0.2) is 5.13 Å². The second-order valence-corrected chi connectivity index (χ2v) is 6.57. The van der Waals surface area contributed by atoms with Gasteiger partial charge >= 0.3 is 0 Å². The van der Waals surface area contributed by atoms with Gasteiger partial charge in [-0.25, -0.2) is 4.98 Å². The van der Waals surface area contributed by atoms with Gasteiger partial charge in [0, 0.05) is 25.7 Å². The molecule has 0 radical (unpaired) electrons. The summed E-state index contributed by atoms with van der Waals surface area (Å²) in [6.45, 7) is 6.97. The number of rotatable bonds is 3. The highest BCUT2D eigenvalue weighted by Gasteiger charge is 2.29. The highest BCUT2D eigenvalue weighted by atomic mass is 32.1. The van der Waals surface area contributed by atoms with Crippen molar-refractivity contribution in [2.45, 2.75) is 45.3 Å². The maximum Gasteiger partial charge on any atom is 0.185 e. The minimum atomic E-state index is 0.129. The fraction of sp³-hybridized carbons (Fsp3) is 0.786. The molecule has 1 unspecified atom stereocenters. The van der Waals surface area contributed by atoms with Gasteiger partial charge in [-0.3, -0.25) is 4.90 Å². The van der Waals surface area contributed by atoms with E-state index in [2.05, 4.69) is 16.7 Å². The van der Waals surface area contributed by atoms with Crippen molar-refractivity contribution in [1.29, 1.82) is 0 Å². The molecule has 106 valence electrons. The van der Waals surface area contributed by atoms with Crippen LogP contribution in [0.1, 0.15) is 36.8 Å². The molecule has 1 N–H and O–H groups in total. The molecule has 0 saturated carbocycles. The average molecular weight is 281 g/mol. The summed E-state index contributed by atoms with van der Waals surface area (Å²) in [7, 11) is 0. The van der Waals surface area contributed by atoms with E-state index in [1.807, 2.05) is 0 Å². The Kier molecular flexibility index (Phi) is 4.05. The van der Waals surface area contributed by atoms with Gasteiger partial charge in [-0.1, -0.05) is 18.3 Å². The van der Waals surface area contributed by atoms with Crippen LogP contribution in [-0.4, -0.2) is 47.2 Å². The highest BCUT2D eigenvalue weighted by molar-refractivity contribution is 7.15. The quantitative estimate of drug-likeness (QED) is 0.918. The average Bonchev–Trinajstić information content (AvgIpc) is 3.00. The Morgan fingerprint density at radius 1 is 1.32 bits per heavy atom. The van der Waals surface area contributed by atoms with E-state index in [0.29, 0.717) is 6.04 Å². The minimum Gasteiger partial charge on any atom is -0.391 e. The first-order valence-electron chi connectivity index (χ1n) is 7.40. The first kappa shape index (κ1) is 13.3. The lowest BCUT2D eigenvalue weighted by atomic mass is 10.2. The summed E-state index contributed by atoms with van der Waals surface area (Å²) >= 11 is 1.68. The number of hydrogen-bond acceptors (Lipinski definition) is 5. The van der Waals surface area contributed by atoms with E-state index in [1.165, 1.54) is 32.4 Å². The lowest BCUT2D eigenvalue weighted by molar-refractivity contribution is 0.273. The number of aliphatic hydroxyl groups excluding tert-OH is 1. The normalized spacial score (nSPS) is 24.5. The molecule has 5 heteroatoms. The molecular weight excluding hydrogens is 258 g/mol. The lowest BCUT2D eigenvalue weighted by Crippen LogP contribution is -2.36. The van der Waals surface area contributed by atoms with Gasteiger partial charge < -0.3 is 10.0 Å². The zero-order valence-electron chi connectivity index (χ0n) is 11.6. The SMILES string of the molecule is CCc1nc(N2CCCN3CCCC3C2)sc1CO. The van der Waals surface area contributed by atoms with Gasteiger partial charge in [0.1, 0.15) is 0 Å². The van der Waals surface area contributed by atoms with Crippen LogP contribution in [0.4, 0.5) is 5.13 Å². The molecule has 2 fully saturated rings. The van der Waals surface area contributed by atoms with E-state index in [-0.39, 0.29) is 6.61 Å². The summed E-state index contributed by atoms with van der Waals surface area (Å²) in [5.41, 5.74) is 1.08. The van der Waals surface area contributed by atoms with Crippen molar-refractivity contribution >= 4 is 16.5 Å². The smallest absolute Gasteiger partial charge is 0.185 e. The van der Waals surface area contributed by atoms with Gasteiger partial charge in [0.2, 0.25) is 0 Å². The summed E-state index contributed by atoms with van der Waals surface area (Å²) in [6.07, 6.45) is 4.82. The Labute approximate surface area is 119 Å². The van der Waals surface area contributed by atoms with Crippen molar-refractivity contribution in [3.8, 4) is 0 Å². The maximum atomic E-state index is 9.41. The number of aliphatic hydroxyl groups is 1. The Morgan fingerprint density at radius 3 is 2.89 bits per heavy atom. The van der Waals surface area contributed by atoms with E-state index in [0.717, 1.165) is 35.2 Å². The molecule has 19 heavy (non-hydrogen) atoms. The van der Waals surface area contributed by atoms with Crippen LogP contribution in [0.2, 0.25) is 0 Å². The molecule has 2 aliphatic rings. The zero-order chi connectivity index (χ0) is 13.2. The van der Waals surface area contributed by atoms with Crippen LogP contribution in [0.5, 0.6) is 0 Å². The van der Waals surface area contributed by atoms with Crippen LogP contribution in [-0.2, 0) is 13.0 Å². The van der Waals surface area contributed by atoms with E-state index < -0.39 is 0 Å². The lowest BCUT2D eigenvalue weighted by Gasteiger charge is -2.25. The topological polar surface area (TPSA) is 39.6 Å². The minimum absolute atomic E-state index is 0.129. The summed E-state index contributed by atoms with van der Waals surface area (Å²) in [5, 5.41) is 10.5. The molecule has 1 atom stereocenters. The fourth-order valence-electron chi connectivity index (χ4n) is 3.29. The molecule has 0 aromatic carbocycles. The fourth-order valence-corrected chi connectivity index (χ4v) is 4.33.